The fourth-order valence-electron chi connectivity index (χ4n) is 0. The molecular formula is C4H6N2O2Sn. The number of hydrogen-bond acceptors (Lipinski definition) is 2. The SMILES string of the molecule is [CH3][Sn+2][CH3].[N-]=C=O.[N-]=C=O. The Labute approximate surface area is 63.9 Å². The van der Waals surface area contributed by atoms with Crippen LogP contribution in [0.2, 0.25) is 9.88 Å². The van der Waals surface area contributed by atoms with E-state index in [0.29, 0.717) is 12.2 Å². The molecule has 0 radical (unpaired) electrons. The van der Waals surface area contributed by atoms with Gasteiger partial charge in [-0.2, -0.15) is 0 Å². The molecule has 0 bridgehead atoms. The Morgan fingerprint density at radius 1 is 1.11 bits per heavy atom. The van der Waals surface area contributed by atoms with E-state index >= 15 is 0 Å². The molecule has 0 spiro atoms. The molecule has 48 valence electrons. The standard InChI is InChI=1S/2CNO.2CH3.Sn/c2*2-1-3;;;/h;;2*1H3;/q2*-1;;;+2. The molecule has 0 rings (SSSR count). The van der Waals surface area contributed by atoms with Gasteiger partial charge >= 0.3 is 31.0 Å². The summed E-state index contributed by atoms with van der Waals surface area (Å²) in [5.74, 6) is 0. The van der Waals surface area contributed by atoms with Crippen LogP contribution in [0.1, 0.15) is 0 Å². The molecule has 0 heterocycles. The molecule has 0 saturated heterocycles. The molecule has 0 amide bonds. The Morgan fingerprint density at radius 3 is 1.11 bits per heavy atom. The monoisotopic (exact) mass is 234 g/mol. The average Bonchev–Trinajstić information content (AvgIpc) is 1.70. The second kappa shape index (κ2) is 49.7. The van der Waals surface area contributed by atoms with E-state index in [0.717, 1.165) is 0 Å². The van der Waals surface area contributed by atoms with Crippen molar-refractivity contribution in [3.8, 4) is 0 Å². The van der Waals surface area contributed by atoms with Crippen molar-refractivity contribution in [3.63, 3.8) is 0 Å². The normalized spacial score (nSPS) is 2.89. The Hall–Kier alpha value is -0.441. The number of carbonyl (C=O) groups excluding carboxylic acids is 2. The third-order valence-electron chi connectivity index (χ3n) is 0. The molecule has 0 aliphatic heterocycles. The van der Waals surface area contributed by atoms with E-state index in [1.54, 1.807) is 0 Å². The van der Waals surface area contributed by atoms with Crippen molar-refractivity contribution < 1.29 is 9.59 Å². The smallest absolute Gasteiger partial charge is 0.0159 e. The van der Waals surface area contributed by atoms with Gasteiger partial charge in [0.25, 0.3) is 0 Å². The van der Waals surface area contributed by atoms with Gasteiger partial charge in [-0.1, -0.05) is 0 Å². The van der Waals surface area contributed by atoms with E-state index in [2.05, 4.69) is 9.88 Å². The fourth-order valence-corrected chi connectivity index (χ4v) is 0. The van der Waals surface area contributed by atoms with E-state index < -0.39 is 0 Å². The summed E-state index contributed by atoms with van der Waals surface area (Å²) in [4.78, 5) is 21.1. The maximum absolute atomic E-state index is 8.24. The largest absolute Gasteiger partial charge is 0.724 e. The summed E-state index contributed by atoms with van der Waals surface area (Å²) in [6.07, 6.45) is 1.00. The molecule has 0 aromatic carbocycles. The van der Waals surface area contributed by atoms with Gasteiger partial charge in [0.15, 0.2) is 0 Å². The first-order valence-corrected chi connectivity index (χ1v) is 7.56. The summed E-state index contributed by atoms with van der Waals surface area (Å²) < 4.78 is 0. The average molecular weight is 233 g/mol. The molecule has 0 fully saturated rings. The molecule has 0 N–H and O–H groups in total. The summed E-state index contributed by atoms with van der Waals surface area (Å²) >= 11 is 0.230. The summed E-state index contributed by atoms with van der Waals surface area (Å²) in [6, 6.07) is 0. The Kier molecular flexibility index (Phi) is 87.3. The molecule has 0 saturated carbocycles. The van der Waals surface area contributed by atoms with Crippen LogP contribution in [0.5, 0.6) is 0 Å². The summed E-state index contributed by atoms with van der Waals surface area (Å²) in [5.41, 5.74) is 0. The predicted octanol–water partition coefficient (Wildman–Crippen LogP) is 0.570. The van der Waals surface area contributed by atoms with Crippen LogP contribution < -0.4 is 0 Å². The van der Waals surface area contributed by atoms with Gasteiger partial charge in [-0.25, -0.2) is 0 Å². The van der Waals surface area contributed by atoms with E-state index in [-0.39, 0.29) is 21.1 Å². The van der Waals surface area contributed by atoms with Crippen molar-refractivity contribution in [2.24, 2.45) is 0 Å². The zero-order valence-electron chi connectivity index (χ0n) is 5.21. The molecule has 4 nitrogen and oxygen atoms in total. The third kappa shape index (κ3) is 1200. The summed E-state index contributed by atoms with van der Waals surface area (Å²) in [6.45, 7) is 0. The van der Waals surface area contributed by atoms with Crippen LogP contribution >= 0.6 is 0 Å². The van der Waals surface area contributed by atoms with Gasteiger partial charge in [0.1, 0.15) is 0 Å². The van der Waals surface area contributed by atoms with Crippen LogP contribution in [-0.2, 0) is 9.59 Å². The van der Waals surface area contributed by atoms with E-state index in [1.807, 2.05) is 0 Å². The van der Waals surface area contributed by atoms with Crippen LogP contribution in [0.3, 0.4) is 0 Å². The van der Waals surface area contributed by atoms with Crippen molar-refractivity contribution >= 4 is 33.3 Å². The maximum Gasteiger partial charge on any atom is -0.0159 e. The first-order valence-electron chi connectivity index (χ1n) is 1.86. The van der Waals surface area contributed by atoms with Crippen molar-refractivity contribution in [1.29, 1.82) is 0 Å². The predicted molar refractivity (Wildman–Crippen MR) is 35.6 cm³/mol. The minimum Gasteiger partial charge on any atom is -0.724 e. The Balaban J connectivity index is -0.0000000600. The van der Waals surface area contributed by atoms with Crippen molar-refractivity contribution in [1.82, 2.24) is 0 Å². The van der Waals surface area contributed by atoms with E-state index in [4.69, 9.17) is 20.4 Å². The molecule has 0 unspecified atom stereocenters. The van der Waals surface area contributed by atoms with Crippen molar-refractivity contribution in [3.05, 3.63) is 10.8 Å². The van der Waals surface area contributed by atoms with Gasteiger partial charge in [0.2, 0.25) is 0 Å². The minimum absolute atomic E-state index is 0.230. The number of nitrogens with zero attached hydrogens (tertiary/aromatic N) is 2. The molecule has 0 aliphatic carbocycles. The van der Waals surface area contributed by atoms with Gasteiger partial charge in [0, 0.05) is 0 Å². The van der Waals surface area contributed by atoms with Crippen LogP contribution in [0.25, 0.3) is 10.8 Å². The second-order valence-electron chi connectivity index (χ2n) is 0.683. The Bertz CT molecular complexity index is 80.7. The quantitative estimate of drug-likeness (QED) is 0.348. The van der Waals surface area contributed by atoms with Crippen molar-refractivity contribution in [2.75, 3.05) is 0 Å². The van der Waals surface area contributed by atoms with Gasteiger partial charge < -0.3 is 10.8 Å². The van der Waals surface area contributed by atoms with Crippen LogP contribution in [0, 0.1) is 0 Å². The number of isocyanates is 2. The fraction of sp³-hybridized carbons (Fsp3) is 0.500. The zero-order chi connectivity index (χ0) is 8.12. The molecule has 0 aliphatic rings. The molecular weight excluding hydrogens is 227 g/mol. The molecule has 0 aromatic heterocycles. The van der Waals surface area contributed by atoms with Crippen LogP contribution in [-0.4, -0.2) is 33.3 Å². The Morgan fingerprint density at radius 2 is 1.11 bits per heavy atom. The van der Waals surface area contributed by atoms with Gasteiger partial charge in [0.05, 0.1) is 0 Å². The first kappa shape index (κ1) is 15.8. The minimum atomic E-state index is 0.230. The topological polar surface area (TPSA) is 78.7 Å². The number of rotatable bonds is 0. The second-order valence-corrected chi connectivity index (χ2v) is 3.54. The van der Waals surface area contributed by atoms with Gasteiger partial charge in [-0.05, 0) is 12.2 Å². The first-order chi connectivity index (χ1) is 4.24. The maximum atomic E-state index is 8.24. The van der Waals surface area contributed by atoms with E-state index in [1.165, 1.54) is 0 Å². The zero-order valence-corrected chi connectivity index (χ0v) is 8.07. The number of hydrogen-bond donors (Lipinski definition) is 0. The van der Waals surface area contributed by atoms with Gasteiger partial charge in [-0.3, -0.25) is 9.59 Å². The molecule has 5 heteroatoms. The molecule has 0 aromatic rings. The third-order valence-corrected chi connectivity index (χ3v) is 0. The van der Waals surface area contributed by atoms with Crippen LogP contribution in [0.4, 0.5) is 0 Å². The summed E-state index contributed by atoms with van der Waals surface area (Å²) in [7, 11) is 0. The molecule has 9 heavy (non-hydrogen) atoms. The summed E-state index contributed by atoms with van der Waals surface area (Å²) in [5, 5.41) is 13.5. The van der Waals surface area contributed by atoms with E-state index in [9.17, 15) is 0 Å². The van der Waals surface area contributed by atoms with Gasteiger partial charge in [-0.15, -0.1) is 0 Å². The molecule has 0 atom stereocenters. The van der Waals surface area contributed by atoms with Crippen molar-refractivity contribution in [2.45, 2.75) is 9.88 Å². The van der Waals surface area contributed by atoms with Crippen LogP contribution in [0.15, 0.2) is 0 Å².